The van der Waals surface area contributed by atoms with Crippen LogP contribution in [0.5, 0.6) is 0 Å². The molecule has 1 aliphatic rings. The molecule has 0 saturated carbocycles. The third kappa shape index (κ3) is 5.17. The van der Waals surface area contributed by atoms with Crippen LogP contribution in [0.25, 0.3) is 0 Å². The van der Waals surface area contributed by atoms with E-state index in [1.165, 1.54) is 0 Å². The quantitative estimate of drug-likeness (QED) is 0.826. The van der Waals surface area contributed by atoms with Crippen LogP contribution in [0.4, 0.5) is 13.2 Å². The predicted molar refractivity (Wildman–Crippen MR) is 85.5 cm³/mol. The van der Waals surface area contributed by atoms with Crippen molar-refractivity contribution in [2.75, 3.05) is 33.2 Å². The average Bonchev–Trinajstić information content (AvgIpc) is 2.49. The van der Waals surface area contributed by atoms with Crippen molar-refractivity contribution in [3.8, 4) is 0 Å². The molecule has 1 atom stereocenters. The third-order valence-corrected chi connectivity index (χ3v) is 4.50. The van der Waals surface area contributed by atoms with Crippen LogP contribution in [-0.4, -0.2) is 71.1 Å². The highest BCUT2D eigenvalue weighted by Gasteiger charge is 2.54. The number of piperidine rings is 1. The van der Waals surface area contributed by atoms with Crippen molar-refractivity contribution in [1.29, 1.82) is 0 Å². The second-order valence-corrected chi connectivity index (χ2v) is 6.67. The number of likely N-dealkylation sites (N-methyl/N-ethyl adjacent to an activating group) is 1. The van der Waals surface area contributed by atoms with Crippen molar-refractivity contribution in [3.63, 3.8) is 0 Å². The molecule has 136 valence electrons. The van der Waals surface area contributed by atoms with Gasteiger partial charge in [0.05, 0.1) is 6.10 Å². The van der Waals surface area contributed by atoms with Gasteiger partial charge in [-0.25, -0.2) is 0 Å². The van der Waals surface area contributed by atoms with E-state index < -0.39 is 17.9 Å². The Morgan fingerprint density at radius 1 is 1.21 bits per heavy atom. The number of halogens is 3. The maximum atomic E-state index is 12.8. The SMILES string of the molecule is CN(Cc1ccccc1)CC(O)CN1CCC(O)(C(F)(F)F)CC1. The normalized spacial score (nSPS) is 20.3. The molecule has 1 unspecified atom stereocenters. The Morgan fingerprint density at radius 3 is 2.33 bits per heavy atom. The first-order valence-corrected chi connectivity index (χ1v) is 8.11. The van der Waals surface area contributed by atoms with Gasteiger partial charge in [-0.2, -0.15) is 13.2 Å². The van der Waals surface area contributed by atoms with E-state index in [4.69, 9.17) is 0 Å². The molecule has 1 fully saturated rings. The van der Waals surface area contributed by atoms with Crippen LogP contribution in [-0.2, 0) is 6.54 Å². The Bertz CT molecular complexity index is 502. The van der Waals surface area contributed by atoms with Gasteiger partial charge in [0, 0.05) is 32.7 Å². The lowest BCUT2D eigenvalue weighted by Crippen LogP contribution is -2.54. The van der Waals surface area contributed by atoms with Gasteiger partial charge in [0.1, 0.15) is 0 Å². The fourth-order valence-electron chi connectivity index (χ4n) is 3.06. The molecule has 0 amide bonds. The van der Waals surface area contributed by atoms with Crippen LogP contribution >= 0.6 is 0 Å². The largest absolute Gasteiger partial charge is 0.417 e. The molecule has 0 radical (unpaired) electrons. The van der Waals surface area contributed by atoms with Gasteiger partial charge < -0.3 is 15.1 Å². The lowest BCUT2D eigenvalue weighted by Gasteiger charge is -2.39. The van der Waals surface area contributed by atoms with Crippen molar-refractivity contribution in [2.24, 2.45) is 0 Å². The Labute approximate surface area is 140 Å². The summed E-state index contributed by atoms with van der Waals surface area (Å²) in [6.45, 7) is 1.72. The first kappa shape index (κ1) is 19.2. The van der Waals surface area contributed by atoms with Gasteiger partial charge in [-0.3, -0.25) is 4.90 Å². The van der Waals surface area contributed by atoms with Gasteiger partial charge in [0.25, 0.3) is 0 Å². The Kier molecular flexibility index (Phi) is 6.25. The predicted octanol–water partition coefficient (Wildman–Crippen LogP) is 1.87. The number of aliphatic hydroxyl groups is 2. The number of nitrogens with zero attached hydrogens (tertiary/aromatic N) is 2. The van der Waals surface area contributed by atoms with Crippen LogP contribution in [0.3, 0.4) is 0 Å². The minimum atomic E-state index is -4.59. The van der Waals surface area contributed by atoms with Gasteiger partial charge in [-0.15, -0.1) is 0 Å². The topological polar surface area (TPSA) is 46.9 Å². The molecule has 1 aliphatic heterocycles. The summed E-state index contributed by atoms with van der Waals surface area (Å²) in [5.41, 5.74) is -1.45. The summed E-state index contributed by atoms with van der Waals surface area (Å²) < 4.78 is 38.3. The van der Waals surface area contributed by atoms with Crippen LogP contribution in [0, 0.1) is 0 Å². The van der Waals surface area contributed by atoms with Crippen LogP contribution in [0.2, 0.25) is 0 Å². The van der Waals surface area contributed by atoms with Crippen LogP contribution in [0.15, 0.2) is 30.3 Å². The average molecular weight is 346 g/mol. The molecule has 0 aliphatic carbocycles. The number of hydrogen-bond donors (Lipinski definition) is 2. The first-order valence-electron chi connectivity index (χ1n) is 8.11. The van der Waals surface area contributed by atoms with E-state index in [1.807, 2.05) is 42.3 Å². The zero-order valence-electron chi connectivity index (χ0n) is 13.8. The Morgan fingerprint density at radius 2 is 1.79 bits per heavy atom. The highest BCUT2D eigenvalue weighted by atomic mass is 19.4. The second kappa shape index (κ2) is 7.82. The minimum Gasteiger partial charge on any atom is -0.390 e. The molecule has 1 saturated heterocycles. The fourth-order valence-corrected chi connectivity index (χ4v) is 3.06. The molecule has 1 heterocycles. The van der Waals surface area contributed by atoms with Gasteiger partial charge >= 0.3 is 6.18 Å². The summed E-state index contributed by atoms with van der Waals surface area (Å²) in [5, 5.41) is 19.8. The van der Waals surface area contributed by atoms with Gasteiger partial charge in [-0.05, 0) is 25.5 Å². The highest BCUT2D eigenvalue weighted by Crippen LogP contribution is 2.38. The van der Waals surface area contributed by atoms with Crippen molar-refractivity contribution < 1.29 is 23.4 Å². The standard InChI is InChI=1S/C17H25F3N2O2/c1-21(11-14-5-3-2-4-6-14)12-15(23)13-22-9-7-16(24,8-10-22)17(18,19)20/h2-6,15,23-24H,7-13H2,1H3. The van der Waals surface area contributed by atoms with Crippen LogP contribution < -0.4 is 0 Å². The van der Waals surface area contributed by atoms with E-state index in [0.29, 0.717) is 19.6 Å². The van der Waals surface area contributed by atoms with Crippen molar-refractivity contribution in [3.05, 3.63) is 35.9 Å². The number of aliphatic hydroxyl groups excluding tert-OH is 1. The summed E-state index contributed by atoms with van der Waals surface area (Å²) in [6.07, 6.45) is -5.92. The highest BCUT2D eigenvalue weighted by molar-refractivity contribution is 5.14. The molecular weight excluding hydrogens is 321 g/mol. The van der Waals surface area contributed by atoms with E-state index in [2.05, 4.69) is 0 Å². The van der Waals surface area contributed by atoms with E-state index in [9.17, 15) is 23.4 Å². The summed E-state index contributed by atoms with van der Waals surface area (Å²) in [4.78, 5) is 3.76. The zero-order chi connectivity index (χ0) is 17.8. The Balaban J connectivity index is 1.74. The summed E-state index contributed by atoms with van der Waals surface area (Å²) in [6, 6.07) is 9.86. The number of benzene rings is 1. The lowest BCUT2D eigenvalue weighted by atomic mass is 9.90. The number of β-amino-alcohol motifs (C(OH)–C–C–N with tert-alkyl or cyclic N) is 1. The molecule has 1 aromatic rings. The number of hydrogen-bond acceptors (Lipinski definition) is 4. The van der Waals surface area contributed by atoms with E-state index in [0.717, 1.165) is 5.56 Å². The fraction of sp³-hybridized carbons (Fsp3) is 0.647. The Hall–Kier alpha value is -1.15. The zero-order valence-corrected chi connectivity index (χ0v) is 13.8. The summed E-state index contributed by atoms with van der Waals surface area (Å²) in [7, 11) is 1.90. The number of likely N-dealkylation sites (tertiary alicyclic amines) is 1. The van der Waals surface area contributed by atoms with E-state index in [-0.39, 0.29) is 25.9 Å². The first-order chi connectivity index (χ1) is 11.2. The third-order valence-electron chi connectivity index (χ3n) is 4.50. The summed E-state index contributed by atoms with van der Waals surface area (Å²) in [5.74, 6) is 0. The molecule has 0 bridgehead atoms. The molecule has 0 aromatic heterocycles. The molecular formula is C17H25F3N2O2. The van der Waals surface area contributed by atoms with Gasteiger partial charge in [-0.1, -0.05) is 30.3 Å². The maximum absolute atomic E-state index is 12.8. The van der Waals surface area contributed by atoms with E-state index in [1.54, 1.807) is 4.90 Å². The molecule has 2 rings (SSSR count). The van der Waals surface area contributed by atoms with Crippen molar-refractivity contribution >= 4 is 0 Å². The lowest BCUT2D eigenvalue weighted by molar-refractivity contribution is -0.273. The smallest absolute Gasteiger partial charge is 0.390 e. The molecule has 2 N–H and O–H groups in total. The number of alkyl halides is 3. The molecule has 4 nitrogen and oxygen atoms in total. The van der Waals surface area contributed by atoms with Crippen molar-refractivity contribution in [2.45, 2.75) is 37.3 Å². The van der Waals surface area contributed by atoms with Crippen molar-refractivity contribution in [1.82, 2.24) is 9.80 Å². The molecule has 0 spiro atoms. The summed E-state index contributed by atoms with van der Waals surface area (Å²) >= 11 is 0. The van der Waals surface area contributed by atoms with Gasteiger partial charge in [0.15, 0.2) is 5.60 Å². The molecule has 24 heavy (non-hydrogen) atoms. The monoisotopic (exact) mass is 346 g/mol. The molecule has 1 aromatic carbocycles. The minimum absolute atomic E-state index is 0.134. The van der Waals surface area contributed by atoms with Gasteiger partial charge in [0.2, 0.25) is 0 Å². The maximum Gasteiger partial charge on any atom is 0.417 e. The number of rotatable bonds is 6. The molecule has 7 heteroatoms. The van der Waals surface area contributed by atoms with Crippen LogP contribution in [0.1, 0.15) is 18.4 Å². The second-order valence-electron chi connectivity index (χ2n) is 6.67. The van der Waals surface area contributed by atoms with E-state index >= 15 is 0 Å².